The highest BCUT2D eigenvalue weighted by Crippen LogP contribution is 2.03. The molecule has 0 saturated carbocycles. The van der Waals surface area contributed by atoms with Crippen LogP contribution in [0.5, 0.6) is 0 Å². The van der Waals surface area contributed by atoms with Crippen LogP contribution >= 0.6 is 24.0 Å². The minimum absolute atomic E-state index is 0. The Morgan fingerprint density at radius 3 is 2.86 bits per heavy atom. The zero-order valence-electron chi connectivity index (χ0n) is 11.7. The van der Waals surface area contributed by atoms with Crippen molar-refractivity contribution in [1.82, 2.24) is 15.8 Å². The number of benzene rings is 1. The van der Waals surface area contributed by atoms with Crippen LogP contribution in [0.4, 0.5) is 4.39 Å². The van der Waals surface area contributed by atoms with E-state index in [1.165, 1.54) is 18.4 Å². The van der Waals surface area contributed by atoms with Gasteiger partial charge in [0.15, 0.2) is 5.96 Å². The summed E-state index contributed by atoms with van der Waals surface area (Å²) in [6.07, 6.45) is 2.25. The second kappa shape index (κ2) is 9.32. The molecule has 1 aromatic heterocycles. The van der Waals surface area contributed by atoms with E-state index < -0.39 is 0 Å². The van der Waals surface area contributed by atoms with E-state index in [-0.39, 0.29) is 29.8 Å². The van der Waals surface area contributed by atoms with Crippen LogP contribution in [-0.4, -0.2) is 24.7 Å². The maximum Gasteiger partial charge on any atom is 0.191 e. The summed E-state index contributed by atoms with van der Waals surface area (Å²) >= 11 is 0. The molecule has 0 spiro atoms. The molecule has 0 atom stereocenters. The summed E-state index contributed by atoms with van der Waals surface area (Å²) in [5, 5.41) is 10.1. The maximum atomic E-state index is 13.0. The molecule has 0 fully saturated rings. The molecule has 0 saturated heterocycles. The van der Waals surface area contributed by atoms with Crippen molar-refractivity contribution in [3.63, 3.8) is 0 Å². The van der Waals surface area contributed by atoms with Crippen LogP contribution in [0, 0.1) is 5.82 Å². The SMILES string of the molecule is CN=C(NCCc1cccc(F)c1)NCc1ccon1.I. The van der Waals surface area contributed by atoms with Gasteiger partial charge in [0.25, 0.3) is 0 Å². The van der Waals surface area contributed by atoms with Crippen molar-refractivity contribution < 1.29 is 8.91 Å². The van der Waals surface area contributed by atoms with Crippen molar-refractivity contribution in [2.45, 2.75) is 13.0 Å². The van der Waals surface area contributed by atoms with Gasteiger partial charge in [0.05, 0.1) is 6.54 Å². The van der Waals surface area contributed by atoms with Gasteiger partial charge in [-0.25, -0.2) is 4.39 Å². The largest absolute Gasteiger partial charge is 0.364 e. The molecule has 1 aromatic carbocycles. The zero-order chi connectivity index (χ0) is 14.2. The van der Waals surface area contributed by atoms with Gasteiger partial charge in [-0.3, -0.25) is 4.99 Å². The lowest BCUT2D eigenvalue weighted by Crippen LogP contribution is -2.37. The molecule has 2 rings (SSSR count). The smallest absolute Gasteiger partial charge is 0.191 e. The van der Waals surface area contributed by atoms with Crippen LogP contribution in [0.3, 0.4) is 0 Å². The molecule has 0 aliphatic heterocycles. The molecule has 0 unspecified atom stereocenters. The first-order valence-corrected chi connectivity index (χ1v) is 6.36. The number of guanidine groups is 1. The molecule has 0 bridgehead atoms. The van der Waals surface area contributed by atoms with E-state index in [9.17, 15) is 4.39 Å². The summed E-state index contributed by atoms with van der Waals surface area (Å²) in [4.78, 5) is 4.10. The van der Waals surface area contributed by atoms with Gasteiger partial charge in [0.2, 0.25) is 0 Å². The maximum absolute atomic E-state index is 13.0. The third kappa shape index (κ3) is 6.11. The molecule has 2 aromatic rings. The highest BCUT2D eigenvalue weighted by molar-refractivity contribution is 14.0. The minimum Gasteiger partial charge on any atom is -0.364 e. The summed E-state index contributed by atoms with van der Waals surface area (Å²) in [7, 11) is 1.69. The molecular weight excluding hydrogens is 386 g/mol. The number of halogens is 2. The predicted molar refractivity (Wildman–Crippen MR) is 90.2 cm³/mol. The van der Waals surface area contributed by atoms with Crippen molar-refractivity contribution in [2.75, 3.05) is 13.6 Å². The number of hydrogen-bond acceptors (Lipinski definition) is 3. The highest BCUT2D eigenvalue weighted by Gasteiger charge is 2.01. The molecule has 7 heteroatoms. The summed E-state index contributed by atoms with van der Waals surface area (Å²) in [6, 6.07) is 8.37. The van der Waals surface area contributed by atoms with Crippen LogP contribution in [-0.2, 0) is 13.0 Å². The first kappa shape index (κ1) is 17.4. The lowest BCUT2D eigenvalue weighted by Gasteiger charge is -2.10. The Bertz CT molecular complexity index is 560. The van der Waals surface area contributed by atoms with E-state index in [1.54, 1.807) is 19.2 Å². The molecule has 1 heterocycles. The van der Waals surface area contributed by atoms with Crippen molar-refractivity contribution >= 4 is 29.9 Å². The lowest BCUT2D eigenvalue weighted by atomic mass is 10.1. The number of nitrogens with zero attached hydrogens (tertiary/aromatic N) is 2. The van der Waals surface area contributed by atoms with E-state index in [0.717, 1.165) is 17.7 Å². The fourth-order valence-electron chi connectivity index (χ4n) is 1.74. The average Bonchev–Trinajstić information content (AvgIpc) is 2.96. The second-order valence-corrected chi connectivity index (χ2v) is 4.22. The van der Waals surface area contributed by atoms with Gasteiger partial charge in [-0.05, 0) is 24.1 Å². The number of aromatic nitrogens is 1. The van der Waals surface area contributed by atoms with Crippen molar-refractivity contribution in [3.8, 4) is 0 Å². The van der Waals surface area contributed by atoms with Crippen LogP contribution in [0.1, 0.15) is 11.3 Å². The van der Waals surface area contributed by atoms with Gasteiger partial charge in [-0.2, -0.15) is 0 Å². The molecular formula is C14H18FIN4O. The standard InChI is InChI=1S/C14H17FN4O.HI/c1-16-14(18-10-13-6-8-20-19-13)17-7-5-11-3-2-4-12(15)9-11;/h2-4,6,8-9H,5,7,10H2,1H3,(H2,16,17,18);1H. The number of hydrogen-bond donors (Lipinski definition) is 2. The minimum atomic E-state index is -0.212. The Morgan fingerprint density at radius 1 is 1.33 bits per heavy atom. The van der Waals surface area contributed by atoms with E-state index in [1.807, 2.05) is 6.07 Å². The second-order valence-electron chi connectivity index (χ2n) is 4.22. The third-order valence-electron chi connectivity index (χ3n) is 2.75. The number of rotatable bonds is 5. The van der Waals surface area contributed by atoms with Crippen molar-refractivity contribution in [1.29, 1.82) is 0 Å². The molecule has 2 N–H and O–H groups in total. The van der Waals surface area contributed by atoms with Gasteiger partial charge in [-0.15, -0.1) is 24.0 Å². The van der Waals surface area contributed by atoms with Crippen LogP contribution in [0.25, 0.3) is 0 Å². The van der Waals surface area contributed by atoms with Gasteiger partial charge >= 0.3 is 0 Å². The van der Waals surface area contributed by atoms with Gasteiger partial charge in [0, 0.05) is 19.7 Å². The molecule has 0 aliphatic carbocycles. The van der Waals surface area contributed by atoms with Gasteiger partial charge < -0.3 is 15.2 Å². The Hall–Kier alpha value is -1.64. The Morgan fingerprint density at radius 2 is 2.19 bits per heavy atom. The van der Waals surface area contributed by atoms with Crippen LogP contribution < -0.4 is 10.6 Å². The van der Waals surface area contributed by atoms with Crippen molar-refractivity contribution in [3.05, 3.63) is 53.7 Å². The summed E-state index contributed by atoms with van der Waals surface area (Å²) < 4.78 is 17.8. The fourth-order valence-corrected chi connectivity index (χ4v) is 1.74. The predicted octanol–water partition coefficient (Wildman–Crippen LogP) is 2.34. The van der Waals surface area contributed by atoms with E-state index in [2.05, 4.69) is 20.8 Å². The average molecular weight is 404 g/mol. The zero-order valence-corrected chi connectivity index (χ0v) is 14.0. The quantitative estimate of drug-likeness (QED) is 0.456. The first-order valence-electron chi connectivity index (χ1n) is 6.36. The Labute approximate surface area is 140 Å². The number of nitrogens with one attached hydrogen (secondary N) is 2. The summed E-state index contributed by atoms with van der Waals surface area (Å²) in [5.74, 6) is 0.459. The topological polar surface area (TPSA) is 62.5 Å². The lowest BCUT2D eigenvalue weighted by molar-refractivity contribution is 0.410. The van der Waals surface area contributed by atoms with E-state index in [0.29, 0.717) is 19.0 Å². The molecule has 21 heavy (non-hydrogen) atoms. The van der Waals surface area contributed by atoms with Crippen LogP contribution in [0.15, 0.2) is 46.1 Å². The Kier molecular flexibility index (Phi) is 7.73. The highest BCUT2D eigenvalue weighted by atomic mass is 127. The monoisotopic (exact) mass is 404 g/mol. The number of aliphatic imine (C=N–C) groups is 1. The summed E-state index contributed by atoms with van der Waals surface area (Å²) in [5.41, 5.74) is 1.75. The Balaban J connectivity index is 0.00000220. The third-order valence-corrected chi connectivity index (χ3v) is 2.75. The van der Waals surface area contributed by atoms with E-state index >= 15 is 0 Å². The van der Waals surface area contributed by atoms with Gasteiger partial charge in [-0.1, -0.05) is 17.3 Å². The molecule has 0 radical (unpaired) electrons. The fraction of sp³-hybridized carbons (Fsp3) is 0.286. The molecule has 0 aliphatic rings. The van der Waals surface area contributed by atoms with Gasteiger partial charge in [0.1, 0.15) is 17.8 Å². The molecule has 114 valence electrons. The van der Waals surface area contributed by atoms with E-state index in [4.69, 9.17) is 4.52 Å². The van der Waals surface area contributed by atoms with Crippen LogP contribution in [0.2, 0.25) is 0 Å². The molecule has 5 nitrogen and oxygen atoms in total. The first-order chi connectivity index (χ1) is 9.78. The summed E-state index contributed by atoms with van der Waals surface area (Å²) in [6.45, 7) is 1.21. The normalized spacial score (nSPS) is 10.9. The van der Waals surface area contributed by atoms with Crippen molar-refractivity contribution in [2.24, 2.45) is 4.99 Å². The molecule has 0 amide bonds.